The lowest BCUT2D eigenvalue weighted by Gasteiger charge is -2.10. The van der Waals surface area contributed by atoms with E-state index in [1.54, 1.807) is 6.07 Å². The normalized spacial score (nSPS) is 10.5. The Bertz CT molecular complexity index is 1040. The largest absolute Gasteiger partial charge is 0.455 e. The molecule has 0 saturated carbocycles. The maximum absolute atomic E-state index is 12.3. The summed E-state index contributed by atoms with van der Waals surface area (Å²) in [7, 11) is 0. The fourth-order valence-corrected chi connectivity index (χ4v) is 3.08. The van der Waals surface area contributed by atoms with E-state index in [-0.39, 0.29) is 33.6 Å². The second-order valence-electron chi connectivity index (χ2n) is 5.20. The van der Waals surface area contributed by atoms with E-state index in [0.29, 0.717) is 8.59 Å². The van der Waals surface area contributed by atoms with Crippen LogP contribution in [0.3, 0.4) is 0 Å². The highest BCUT2D eigenvalue weighted by Crippen LogP contribution is 2.34. The van der Waals surface area contributed by atoms with Crippen LogP contribution in [0.15, 0.2) is 42.6 Å². The van der Waals surface area contributed by atoms with Crippen molar-refractivity contribution in [3.63, 3.8) is 0 Å². The summed E-state index contributed by atoms with van der Waals surface area (Å²) in [5.41, 5.74) is 0.164. The van der Waals surface area contributed by atoms with E-state index in [1.807, 2.05) is 22.6 Å². The number of hydrogen-bond donors (Lipinski definition) is 2. The Labute approximate surface area is 176 Å². The number of rotatable bonds is 5. The average molecular weight is 519 g/mol. The lowest BCUT2D eigenvalue weighted by Crippen LogP contribution is -2.14. The monoisotopic (exact) mass is 518 g/mol. The Morgan fingerprint density at radius 3 is 2.67 bits per heavy atom. The molecule has 0 radical (unpaired) electrons. The highest BCUT2D eigenvalue weighted by molar-refractivity contribution is 14.1. The van der Waals surface area contributed by atoms with Crippen LogP contribution < -0.4 is 10.1 Å². The van der Waals surface area contributed by atoms with Crippen molar-refractivity contribution in [1.29, 1.82) is 0 Å². The summed E-state index contributed by atoms with van der Waals surface area (Å²) in [6.45, 7) is 0. The van der Waals surface area contributed by atoms with Gasteiger partial charge in [-0.3, -0.25) is 20.0 Å². The number of H-pyrrole nitrogens is 1. The van der Waals surface area contributed by atoms with Crippen LogP contribution in [0.4, 0.5) is 11.4 Å². The number of nitro groups is 1. The molecule has 1 amide bonds. The Balaban J connectivity index is 1.92. The number of ether oxygens (including phenoxy) is 1. The zero-order valence-electron chi connectivity index (χ0n) is 13.2. The number of nitro benzene ring substituents is 1. The molecule has 0 bridgehead atoms. The van der Waals surface area contributed by atoms with Gasteiger partial charge in [0.05, 0.1) is 31.5 Å². The number of anilines is 1. The minimum atomic E-state index is -0.591. The number of non-ortho nitro benzene ring substituents is 1. The topological polar surface area (TPSA) is 110 Å². The van der Waals surface area contributed by atoms with Crippen LogP contribution in [-0.4, -0.2) is 21.0 Å². The first kappa shape index (κ1) is 19.4. The van der Waals surface area contributed by atoms with E-state index in [9.17, 15) is 14.9 Å². The fraction of sp³-hybridized carbons (Fsp3) is 0. The maximum Gasteiger partial charge on any atom is 0.275 e. The number of carbonyl (C=O) groups excluding carboxylic acids is 1. The van der Waals surface area contributed by atoms with Gasteiger partial charge in [-0.2, -0.15) is 5.10 Å². The SMILES string of the molecule is O=C(Nc1cc(Oc2ccc(Cl)cc2Cl)cc([N+](=O)[O-])c1)c1[nH]ncc1I. The van der Waals surface area contributed by atoms with Crippen LogP contribution in [0.5, 0.6) is 11.5 Å². The maximum atomic E-state index is 12.3. The zero-order valence-corrected chi connectivity index (χ0v) is 16.9. The van der Waals surface area contributed by atoms with Gasteiger partial charge < -0.3 is 10.1 Å². The van der Waals surface area contributed by atoms with E-state index < -0.39 is 10.8 Å². The van der Waals surface area contributed by atoms with Gasteiger partial charge in [0.25, 0.3) is 11.6 Å². The van der Waals surface area contributed by atoms with Crippen molar-refractivity contribution in [3.05, 3.63) is 72.0 Å². The van der Waals surface area contributed by atoms with Crippen molar-refractivity contribution in [2.24, 2.45) is 0 Å². The summed E-state index contributed by atoms with van der Waals surface area (Å²) in [4.78, 5) is 22.9. The molecule has 27 heavy (non-hydrogen) atoms. The van der Waals surface area contributed by atoms with Gasteiger partial charge in [0.2, 0.25) is 0 Å². The third-order valence-electron chi connectivity index (χ3n) is 3.30. The molecular formula is C16H9Cl2IN4O4. The fourth-order valence-electron chi connectivity index (χ4n) is 2.13. The molecule has 2 aromatic carbocycles. The number of nitrogens with one attached hydrogen (secondary N) is 2. The number of benzene rings is 2. The second-order valence-corrected chi connectivity index (χ2v) is 7.20. The van der Waals surface area contributed by atoms with Crippen LogP contribution in [0.2, 0.25) is 10.0 Å². The molecule has 1 heterocycles. The van der Waals surface area contributed by atoms with E-state index in [4.69, 9.17) is 27.9 Å². The molecule has 1 aromatic heterocycles. The van der Waals surface area contributed by atoms with Gasteiger partial charge >= 0.3 is 0 Å². The molecule has 3 rings (SSSR count). The van der Waals surface area contributed by atoms with Crippen molar-refractivity contribution in [2.75, 3.05) is 5.32 Å². The van der Waals surface area contributed by atoms with E-state index in [1.165, 1.54) is 36.5 Å². The van der Waals surface area contributed by atoms with Crippen molar-refractivity contribution >= 4 is 63.1 Å². The number of hydrogen-bond acceptors (Lipinski definition) is 5. The van der Waals surface area contributed by atoms with Gasteiger partial charge in [-0.25, -0.2) is 0 Å². The Morgan fingerprint density at radius 2 is 2.04 bits per heavy atom. The van der Waals surface area contributed by atoms with Crippen molar-refractivity contribution in [1.82, 2.24) is 10.2 Å². The third kappa shape index (κ3) is 4.67. The quantitative estimate of drug-likeness (QED) is 0.271. The molecular weight excluding hydrogens is 510 g/mol. The third-order valence-corrected chi connectivity index (χ3v) is 4.65. The molecule has 138 valence electrons. The molecule has 0 saturated heterocycles. The number of amides is 1. The van der Waals surface area contributed by atoms with Gasteiger partial charge in [0.1, 0.15) is 17.2 Å². The summed E-state index contributed by atoms with van der Waals surface area (Å²) in [5.74, 6) is -0.0992. The minimum Gasteiger partial charge on any atom is -0.455 e. The molecule has 0 aliphatic carbocycles. The first-order chi connectivity index (χ1) is 12.8. The smallest absolute Gasteiger partial charge is 0.275 e. The molecule has 0 aliphatic rings. The molecule has 0 atom stereocenters. The molecule has 8 nitrogen and oxygen atoms in total. The first-order valence-corrected chi connectivity index (χ1v) is 9.09. The highest BCUT2D eigenvalue weighted by atomic mass is 127. The molecule has 3 aromatic rings. The Morgan fingerprint density at radius 1 is 1.26 bits per heavy atom. The molecule has 2 N–H and O–H groups in total. The van der Waals surface area contributed by atoms with Gasteiger partial charge in [-0.15, -0.1) is 0 Å². The first-order valence-electron chi connectivity index (χ1n) is 7.26. The summed E-state index contributed by atoms with van der Waals surface area (Å²) in [6, 6.07) is 8.48. The number of aromatic nitrogens is 2. The summed E-state index contributed by atoms with van der Waals surface area (Å²) in [5, 5.41) is 20.8. The number of carbonyl (C=O) groups is 1. The average Bonchev–Trinajstić information content (AvgIpc) is 3.03. The van der Waals surface area contributed by atoms with Crippen LogP contribution in [0.25, 0.3) is 0 Å². The molecule has 11 heteroatoms. The predicted molar refractivity (Wildman–Crippen MR) is 109 cm³/mol. The second kappa shape index (κ2) is 8.11. The van der Waals surface area contributed by atoms with Gasteiger partial charge in [0.15, 0.2) is 0 Å². The standard InChI is InChI=1S/C16H9Cl2IN4O4/c17-8-1-2-14(12(18)3-8)27-11-5-9(4-10(6-11)23(25)26)21-16(24)15-13(19)7-20-22-15/h1-7H,(H,20,22)(H,21,24). The van der Waals surface area contributed by atoms with E-state index in [2.05, 4.69) is 15.5 Å². The van der Waals surface area contributed by atoms with Crippen LogP contribution >= 0.6 is 45.8 Å². The lowest BCUT2D eigenvalue weighted by molar-refractivity contribution is -0.384. The van der Waals surface area contributed by atoms with Gasteiger partial charge in [-0.05, 0) is 40.8 Å². The molecule has 0 unspecified atom stereocenters. The number of nitrogens with zero attached hydrogens (tertiary/aromatic N) is 2. The minimum absolute atomic E-state index is 0.128. The van der Waals surface area contributed by atoms with Crippen LogP contribution in [0.1, 0.15) is 10.5 Å². The van der Waals surface area contributed by atoms with Gasteiger partial charge in [0, 0.05) is 17.2 Å². The number of halogens is 3. The Hall–Kier alpha value is -2.37. The van der Waals surface area contributed by atoms with Gasteiger partial charge in [-0.1, -0.05) is 23.2 Å². The molecule has 0 aliphatic heterocycles. The van der Waals surface area contributed by atoms with Crippen LogP contribution in [-0.2, 0) is 0 Å². The Kier molecular flexibility index (Phi) is 5.82. The summed E-state index contributed by atoms with van der Waals surface area (Å²) in [6.07, 6.45) is 1.49. The predicted octanol–water partition coefficient (Wildman–Crippen LogP) is 5.27. The summed E-state index contributed by atoms with van der Waals surface area (Å²) >= 11 is 13.9. The molecule has 0 spiro atoms. The van der Waals surface area contributed by atoms with Crippen molar-refractivity contribution < 1.29 is 14.5 Å². The van der Waals surface area contributed by atoms with E-state index >= 15 is 0 Å². The molecule has 0 fully saturated rings. The van der Waals surface area contributed by atoms with E-state index in [0.717, 1.165) is 0 Å². The highest BCUT2D eigenvalue weighted by Gasteiger charge is 2.17. The zero-order chi connectivity index (χ0) is 19.6. The number of aromatic amines is 1. The lowest BCUT2D eigenvalue weighted by atomic mass is 10.2. The van der Waals surface area contributed by atoms with Crippen molar-refractivity contribution in [3.8, 4) is 11.5 Å². The summed E-state index contributed by atoms with van der Waals surface area (Å²) < 4.78 is 6.23. The van der Waals surface area contributed by atoms with Crippen molar-refractivity contribution in [2.45, 2.75) is 0 Å². The van der Waals surface area contributed by atoms with Crippen LogP contribution in [0, 0.1) is 13.7 Å².